The van der Waals surface area contributed by atoms with Crippen LogP contribution in [0.2, 0.25) is 5.02 Å². The molecule has 1 heterocycles. The summed E-state index contributed by atoms with van der Waals surface area (Å²) in [6, 6.07) is 14.4. The standard InChI is InChI=1S/C22H26ClNO/c1-4-5-6-7-14-24(3)22-21(17-9-11-18(23)12-10-17)19-15-16(2)8-13-20(19)25-22/h8-13,15H,4-7,14H2,1-3H3. The molecule has 0 radical (unpaired) electrons. The van der Waals surface area contributed by atoms with Gasteiger partial charge in [-0.15, -0.1) is 0 Å². The van der Waals surface area contributed by atoms with Crippen LogP contribution in [-0.4, -0.2) is 13.6 Å². The van der Waals surface area contributed by atoms with E-state index in [1.165, 1.54) is 31.2 Å². The Hall–Kier alpha value is -1.93. The Kier molecular flexibility index (Phi) is 5.70. The highest BCUT2D eigenvalue weighted by Gasteiger charge is 2.19. The number of nitrogens with zero attached hydrogens (tertiary/aromatic N) is 1. The van der Waals surface area contributed by atoms with Gasteiger partial charge in [0.05, 0.1) is 5.56 Å². The molecule has 0 unspecified atom stereocenters. The second-order valence-corrected chi connectivity index (χ2v) is 7.21. The second kappa shape index (κ2) is 7.97. The molecule has 0 spiro atoms. The maximum atomic E-state index is 6.25. The van der Waals surface area contributed by atoms with Gasteiger partial charge in [0.25, 0.3) is 0 Å². The first kappa shape index (κ1) is 17.9. The third kappa shape index (κ3) is 4.01. The molecule has 0 amide bonds. The van der Waals surface area contributed by atoms with E-state index >= 15 is 0 Å². The lowest BCUT2D eigenvalue weighted by atomic mass is 10.0. The molecule has 25 heavy (non-hydrogen) atoms. The van der Waals surface area contributed by atoms with Crippen LogP contribution in [-0.2, 0) is 0 Å². The molecular weight excluding hydrogens is 330 g/mol. The Labute approximate surface area is 155 Å². The topological polar surface area (TPSA) is 16.4 Å². The molecule has 2 nitrogen and oxygen atoms in total. The van der Waals surface area contributed by atoms with Crippen molar-refractivity contribution in [3.63, 3.8) is 0 Å². The van der Waals surface area contributed by atoms with Crippen molar-refractivity contribution in [3.8, 4) is 11.1 Å². The minimum atomic E-state index is 0.752. The van der Waals surface area contributed by atoms with Crippen LogP contribution in [0.25, 0.3) is 22.1 Å². The van der Waals surface area contributed by atoms with E-state index in [0.29, 0.717) is 0 Å². The van der Waals surface area contributed by atoms with Crippen LogP contribution < -0.4 is 4.90 Å². The number of rotatable bonds is 7. The smallest absolute Gasteiger partial charge is 0.204 e. The van der Waals surface area contributed by atoms with E-state index < -0.39 is 0 Å². The SMILES string of the molecule is CCCCCCN(C)c1oc2ccc(C)cc2c1-c1ccc(Cl)cc1. The quantitative estimate of drug-likeness (QED) is 0.421. The molecule has 0 saturated carbocycles. The highest BCUT2D eigenvalue weighted by molar-refractivity contribution is 6.30. The molecule has 132 valence electrons. The van der Waals surface area contributed by atoms with E-state index in [-0.39, 0.29) is 0 Å². The van der Waals surface area contributed by atoms with E-state index in [1.807, 2.05) is 12.1 Å². The molecule has 0 aliphatic carbocycles. The predicted octanol–water partition coefficient (Wildman–Crippen LogP) is 7.08. The van der Waals surface area contributed by atoms with Gasteiger partial charge in [-0.2, -0.15) is 0 Å². The van der Waals surface area contributed by atoms with E-state index in [0.717, 1.165) is 39.5 Å². The second-order valence-electron chi connectivity index (χ2n) is 6.77. The number of hydrogen-bond donors (Lipinski definition) is 0. The Morgan fingerprint density at radius 3 is 2.48 bits per heavy atom. The van der Waals surface area contributed by atoms with Crippen LogP contribution in [0, 0.1) is 6.92 Å². The van der Waals surface area contributed by atoms with Gasteiger partial charge in [0.2, 0.25) is 5.88 Å². The first-order valence-electron chi connectivity index (χ1n) is 9.10. The monoisotopic (exact) mass is 355 g/mol. The maximum Gasteiger partial charge on any atom is 0.204 e. The highest BCUT2D eigenvalue weighted by atomic mass is 35.5. The van der Waals surface area contributed by atoms with Crippen molar-refractivity contribution in [2.45, 2.75) is 39.5 Å². The summed E-state index contributed by atoms with van der Waals surface area (Å²) in [5, 5.41) is 1.92. The number of halogens is 1. The molecule has 0 aliphatic rings. The lowest BCUT2D eigenvalue weighted by molar-refractivity contribution is 0.581. The van der Waals surface area contributed by atoms with Crippen molar-refractivity contribution in [2.24, 2.45) is 0 Å². The van der Waals surface area contributed by atoms with Gasteiger partial charge in [-0.05, 0) is 43.2 Å². The fourth-order valence-electron chi connectivity index (χ4n) is 3.24. The summed E-state index contributed by atoms with van der Waals surface area (Å²) < 4.78 is 6.25. The summed E-state index contributed by atoms with van der Waals surface area (Å²) in [6.07, 6.45) is 4.98. The molecular formula is C22H26ClNO. The number of fused-ring (bicyclic) bond motifs is 1. The van der Waals surface area contributed by atoms with Gasteiger partial charge in [-0.3, -0.25) is 0 Å². The maximum absolute atomic E-state index is 6.25. The molecule has 0 N–H and O–H groups in total. The van der Waals surface area contributed by atoms with Gasteiger partial charge in [0, 0.05) is 24.0 Å². The van der Waals surface area contributed by atoms with Gasteiger partial charge < -0.3 is 9.32 Å². The number of unbranched alkanes of at least 4 members (excludes halogenated alkanes) is 3. The summed E-state index contributed by atoms with van der Waals surface area (Å²) in [7, 11) is 2.12. The van der Waals surface area contributed by atoms with Crippen LogP contribution in [0.5, 0.6) is 0 Å². The average molecular weight is 356 g/mol. The summed E-state index contributed by atoms with van der Waals surface area (Å²) in [6.45, 7) is 5.36. The van der Waals surface area contributed by atoms with E-state index in [1.54, 1.807) is 0 Å². The van der Waals surface area contributed by atoms with Crippen molar-refractivity contribution in [2.75, 3.05) is 18.5 Å². The van der Waals surface area contributed by atoms with Gasteiger partial charge in [-0.1, -0.05) is 61.5 Å². The van der Waals surface area contributed by atoms with Crippen LogP contribution >= 0.6 is 11.6 Å². The molecule has 3 heteroatoms. The van der Waals surface area contributed by atoms with Crippen LogP contribution in [0.1, 0.15) is 38.2 Å². The lowest BCUT2D eigenvalue weighted by Gasteiger charge is -2.18. The van der Waals surface area contributed by atoms with Crippen LogP contribution in [0.3, 0.4) is 0 Å². The third-order valence-corrected chi connectivity index (χ3v) is 4.90. The van der Waals surface area contributed by atoms with Crippen LogP contribution in [0.4, 0.5) is 5.88 Å². The average Bonchev–Trinajstić information content (AvgIpc) is 2.98. The van der Waals surface area contributed by atoms with Crippen molar-refractivity contribution in [1.29, 1.82) is 0 Å². The zero-order valence-corrected chi connectivity index (χ0v) is 16.1. The predicted molar refractivity (Wildman–Crippen MR) is 109 cm³/mol. The molecule has 0 saturated heterocycles. The Morgan fingerprint density at radius 1 is 1.00 bits per heavy atom. The largest absolute Gasteiger partial charge is 0.440 e. The first-order chi connectivity index (χ1) is 12.1. The molecule has 0 fully saturated rings. The zero-order chi connectivity index (χ0) is 17.8. The first-order valence-corrected chi connectivity index (χ1v) is 9.48. The minimum absolute atomic E-state index is 0.752. The van der Waals surface area contributed by atoms with Gasteiger partial charge in [0.1, 0.15) is 5.58 Å². The lowest BCUT2D eigenvalue weighted by Crippen LogP contribution is -2.18. The van der Waals surface area contributed by atoms with E-state index in [4.69, 9.17) is 16.0 Å². The molecule has 3 aromatic rings. The molecule has 0 aliphatic heterocycles. The van der Waals surface area contributed by atoms with Crippen molar-refractivity contribution >= 4 is 28.5 Å². The fraction of sp³-hybridized carbons (Fsp3) is 0.364. The number of aryl methyl sites for hydroxylation is 1. The van der Waals surface area contributed by atoms with E-state index in [9.17, 15) is 0 Å². The third-order valence-electron chi connectivity index (χ3n) is 4.65. The zero-order valence-electron chi connectivity index (χ0n) is 15.3. The molecule has 0 bridgehead atoms. The molecule has 0 atom stereocenters. The number of anilines is 1. The molecule has 3 rings (SSSR count). The van der Waals surface area contributed by atoms with Crippen molar-refractivity contribution < 1.29 is 4.42 Å². The van der Waals surface area contributed by atoms with Gasteiger partial charge >= 0.3 is 0 Å². The summed E-state index contributed by atoms with van der Waals surface area (Å²) in [5.74, 6) is 0.944. The minimum Gasteiger partial charge on any atom is -0.440 e. The Balaban J connectivity index is 2.01. The number of furan rings is 1. The van der Waals surface area contributed by atoms with Gasteiger partial charge in [-0.25, -0.2) is 0 Å². The molecule has 1 aromatic heterocycles. The number of benzene rings is 2. The summed E-state index contributed by atoms with van der Waals surface area (Å²) in [5.41, 5.74) is 4.48. The number of hydrogen-bond acceptors (Lipinski definition) is 2. The highest BCUT2D eigenvalue weighted by Crippen LogP contribution is 2.40. The Morgan fingerprint density at radius 2 is 1.76 bits per heavy atom. The van der Waals surface area contributed by atoms with Gasteiger partial charge in [0.15, 0.2) is 0 Å². The van der Waals surface area contributed by atoms with Crippen molar-refractivity contribution in [1.82, 2.24) is 0 Å². The Bertz CT molecular complexity index is 835. The van der Waals surface area contributed by atoms with E-state index in [2.05, 4.69) is 56.1 Å². The van der Waals surface area contributed by atoms with Crippen LogP contribution in [0.15, 0.2) is 46.9 Å². The van der Waals surface area contributed by atoms with Crippen molar-refractivity contribution in [3.05, 3.63) is 53.1 Å². The normalized spacial score (nSPS) is 11.2. The summed E-state index contributed by atoms with van der Waals surface area (Å²) >= 11 is 6.08. The fourth-order valence-corrected chi connectivity index (χ4v) is 3.37. The molecule has 2 aromatic carbocycles. The summed E-state index contributed by atoms with van der Waals surface area (Å²) in [4.78, 5) is 2.24.